The fraction of sp³-hybridized carbons (Fsp3) is 0.200. The summed E-state index contributed by atoms with van der Waals surface area (Å²) in [6.45, 7) is 0.126. The lowest BCUT2D eigenvalue weighted by Gasteiger charge is -2.19. The number of methoxy groups -OCH3 is 1. The average Bonchev–Trinajstić information content (AvgIpc) is 2.56. The molecule has 0 spiro atoms. The summed E-state index contributed by atoms with van der Waals surface area (Å²) in [6, 6.07) is 10.7. The average molecular weight is 415 g/mol. The fourth-order valence-corrected chi connectivity index (χ4v) is 3.67. The van der Waals surface area contributed by atoms with E-state index < -0.39 is 14.9 Å². The molecule has 9 heteroatoms. The van der Waals surface area contributed by atoms with Gasteiger partial charge in [-0.1, -0.05) is 28.1 Å². The van der Waals surface area contributed by atoms with E-state index in [1.54, 1.807) is 12.1 Å². The van der Waals surface area contributed by atoms with E-state index in [0.717, 1.165) is 20.4 Å². The molecule has 0 aliphatic rings. The molecule has 0 saturated carbocycles. The Kier molecular flexibility index (Phi) is 5.58. The first-order valence-electron chi connectivity index (χ1n) is 6.79. The molecule has 0 radical (unpaired) electrons. The summed E-state index contributed by atoms with van der Waals surface area (Å²) in [5.41, 5.74) is 0.472. The largest absolute Gasteiger partial charge is 0.495 e. The Morgan fingerprint density at radius 2 is 1.83 bits per heavy atom. The van der Waals surface area contributed by atoms with Crippen LogP contribution in [0.25, 0.3) is 0 Å². The third-order valence-electron chi connectivity index (χ3n) is 3.36. The zero-order valence-electron chi connectivity index (χ0n) is 13.0. The van der Waals surface area contributed by atoms with Crippen molar-refractivity contribution in [1.29, 1.82) is 0 Å². The smallest absolute Gasteiger partial charge is 0.271 e. The quantitative estimate of drug-likeness (QED) is 0.534. The summed E-state index contributed by atoms with van der Waals surface area (Å²) < 4.78 is 32.6. The Labute approximate surface area is 148 Å². The molecule has 0 bridgehead atoms. The molecule has 0 heterocycles. The number of non-ortho nitro benzene ring substituents is 1. The van der Waals surface area contributed by atoms with Crippen LogP contribution in [0.1, 0.15) is 5.56 Å². The van der Waals surface area contributed by atoms with Crippen LogP contribution in [-0.4, -0.2) is 31.8 Å². The lowest BCUT2D eigenvalue weighted by molar-refractivity contribution is -0.385. The topological polar surface area (TPSA) is 89.7 Å². The van der Waals surface area contributed by atoms with Crippen molar-refractivity contribution in [3.63, 3.8) is 0 Å². The van der Waals surface area contributed by atoms with Crippen molar-refractivity contribution in [1.82, 2.24) is 4.31 Å². The van der Waals surface area contributed by atoms with Gasteiger partial charge in [-0.05, 0) is 23.8 Å². The molecule has 0 fully saturated rings. The lowest BCUT2D eigenvalue weighted by atomic mass is 10.2. The third-order valence-corrected chi connectivity index (χ3v) is 5.72. The van der Waals surface area contributed by atoms with Gasteiger partial charge in [0.2, 0.25) is 10.0 Å². The Morgan fingerprint density at radius 1 is 1.21 bits per heavy atom. The van der Waals surface area contributed by atoms with Crippen LogP contribution in [0.15, 0.2) is 51.8 Å². The number of nitro groups is 1. The van der Waals surface area contributed by atoms with Crippen LogP contribution in [0.4, 0.5) is 5.69 Å². The predicted octanol–water partition coefficient (Wildman–Crippen LogP) is 3.19. The van der Waals surface area contributed by atoms with Gasteiger partial charge in [0, 0.05) is 30.2 Å². The molecule has 0 unspecified atom stereocenters. The minimum Gasteiger partial charge on any atom is -0.495 e. The number of hydrogen-bond donors (Lipinski definition) is 0. The summed E-state index contributed by atoms with van der Waals surface area (Å²) >= 11 is 3.32. The van der Waals surface area contributed by atoms with E-state index in [9.17, 15) is 18.5 Å². The van der Waals surface area contributed by atoms with E-state index in [1.807, 2.05) is 12.1 Å². The number of ether oxygens (including phenoxy) is 1. The summed E-state index contributed by atoms with van der Waals surface area (Å²) in [6.07, 6.45) is 0. The Bertz CT molecular complexity index is 853. The predicted molar refractivity (Wildman–Crippen MR) is 92.4 cm³/mol. The van der Waals surface area contributed by atoms with Crippen LogP contribution in [0.5, 0.6) is 5.75 Å². The Morgan fingerprint density at radius 3 is 2.38 bits per heavy atom. The van der Waals surface area contributed by atoms with Crippen molar-refractivity contribution < 1.29 is 18.1 Å². The highest BCUT2D eigenvalue weighted by atomic mass is 79.9. The molecule has 24 heavy (non-hydrogen) atoms. The summed E-state index contributed by atoms with van der Waals surface area (Å²) in [4.78, 5) is 10.0. The van der Waals surface area contributed by atoms with Crippen molar-refractivity contribution >= 4 is 31.6 Å². The van der Waals surface area contributed by atoms with E-state index in [2.05, 4.69) is 15.9 Å². The minimum atomic E-state index is -3.95. The second kappa shape index (κ2) is 7.29. The van der Waals surface area contributed by atoms with Gasteiger partial charge in [0.15, 0.2) is 0 Å². The molecular formula is C15H15BrN2O5S. The van der Waals surface area contributed by atoms with Crippen molar-refractivity contribution in [2.75, 3.05) is 14.2 Å². The maximum atomic E-state index is 12.8. The van der Waals surface area contributed by atoms with Gasteiger partial charge in [-0.2, -0.15) is 4.31 Å². The maximum absolute atomic E-state index is 12.8. The molecule has 0 saturated heterocycles. The van der Waals surface area contributed by atoms with Gasteiger partial charge in [0.05, 0.1) is 12.0 Å². The zero-order valence-corrected chi connectivity index (χ0v) is 15.4. The van der Waals surface area contributed by atoms with Gasteiger partial charge in [-0.3, -0.25) is 10.1 Å². The van der Waals surface area contributed by atoms with Gasteiger partial charge >= 0.3 is 0 Å². The van der Waals surface area contributed by atoms with E-state index in [1.165, 1.54) is 26.3 Å². The highest BCUT2D eigenvalue weighted by Gasteiger charge is 2.27. The molecule has 128 valence electrons. The molecule has 0 amide bonds. The second-order valence-electron chi connectivity index (χ2n) is 4.98. The number of halogens is 1. The maximum Gasteiger partial charge on any atom is 0.271 e. The van der Waals surface area contributed by atoms with Gasteiger partial charge in [-0.15, -0.1) is 0 Å². The monoisotopic (exact) mass is 414 g/mol. The first-order chi connectivity index (χ1) is 11.3. The number of sulfonamides is 1. The third kappa shape index (κ3) is 3.92. The molecule has 2 rings (SSSR count). The number of nitrogens with zero attached hydrogens (tertiary/aromatic N) is 2. The van der Waals surface area contributed by atoms with Crippen LogP contribution in [0.3, 0.4) is 0 Å². The molecule has 7 nitrogen and oxygen atoms in total. The van der Waals surface area contributed by atoms with Crippen molar-refractivity contribution in [2.24, 2.45) is 0 Å². The van der Waals surface area contributed by atoms with Gasteiger partial charge in [0.1, 0.15) is 10.6 Å². The standard InChI is InChI=1S/C15H15BrN2O5S/c1-17(10-11-3-5-12(16)6-4-11)24(21,22)15-9-13(18(19)20)7-8-14(15)23-2/h3-9H,10H2,1-2H3. The van der Waals surface area contributed by atoms with Crippen LogP contribution >= 0.6 is 15.9 Å². The number of benzene rings is 2. The number of nitro benzene ring substituents is 1. The molecule has 0 aliphatic heterocycles. The van der Waals surface area contributed by atoms with Crippen molar-refractivity contribution in [3.8, 4) is 5.75 Å². The van der Waals surface area contributed by atoms with Crippen molar-refractivity contribution in [2.45, 2.75) is 11.4 Å². The van der Waals surface area contributed by atoms with E-state index in [0.29, 0.717) is 0 Å². The molecule has 0 atom stereocenters. The first kappa shape index (κ1) is 18.4. The minimum absolute atomic E-state index is 0.0586. The molecule has 0 aliphatic carbocycles. The van der Waals surface area contributed by atoms with E-state index >= 15 is 0 Å². The number of rotatable bonds is 6. The van der Waals surface area contributed by atoms with Gasteiger partial charge in [0.25, 0.3) is 5.69 Å². The van der Waals surface area contributed by atoms with Gasteiger partial charge in [-0.25, -0.2) is 8.42 Å². The summed E-state index contributed by atoms with van der Waals surface area (Å²) in [7, 11) is -1.23. The van der Waals surface area contributed by atoms with Crippen LogP contribution in [0.2, 0.25) is 0 Å². The van der Waals surface area contributed by atoms with Crippen LogP contribution in [-0.2, 0) is 16.6 Å². The number of hydrogen-bond acceptors (Lipinski definition) is 5. The lowest BCUT2D eigenvalue weighted by Crippen LogP contribution is -2.27. The second-order valence-corrected chi connectivity index (χ2v) is 7.91. The fourth-order valence-electron chi connectivity index (χ4n) is 2.08. The zero-order chi connectivity index (χ0) is 17.9. The molecule has 2 aromatic rings. The summed E-state index contributed by atoms with van der Waals surface area (Å²) in [5.74, 6) is 0.0586. The molecule has 0 N–H and O–H groups in total. The van der Waals surface area contributed by atoms with E-state index in [-0.39, 0.29) is 22.9 Å². The van der Waals surface area contributed by atoms with E-state index in [4.69, 9.17) is 4.74 Å². The molecular weight excluding hydrogens is 400 g/mol. The van der Waals surface area contributed by atoms with Crippen molar-refractivity contribution in [3.05, 3.63) is 62.6 Å². The van der Waals surface area contributed by atoms with Gasteiger partial charge < -0.3 is 4.74 Å². The Hall–Kier alpha value is -1.97. The molecule has 0 aromatic heterocycles. The Balaban J connectivity index is 2.39. The SMILES string of the molecule is COc1ccc([N+](=O)[O-])cc1S(=O)(=O)N(C)Cc1ccc(Br)cc1. The molecule has 2 aromatic carbocycles. The highest BCUT2D eigenvalue weighted by Crippen LogP contribution is 2.30. The van der Waals surface area contributed by atoms with Crippen LogP contribution < -0.4 is 4.74 Å². The highest BCUT2D eigenvalue weighted by molar-refractivity contribution is 9.10. The normalized spacial score (nSPS) is 11.5. The van der Waals surface area contributed by atoms with Crippen LogP contribution in [0, 0.1) is 10.1 Å². The summed E-state index contributed by atoms with van der Waals surface area (Å²) in [5, 5.41) is 10.9. The first-order valence-corrected chi connectivity index (χ1v) is 9.02.